The van der Waals surface area contributed by atoms with Crippen molar-refractivity contribution >= 4 is 11.0 Å². The van der Waals surface area contributed by atoms with Crippen LogP contribution >= 0.6 is 0 Å². The highest BCUT2D eigenvalue weighted by Gasteiger charge is 2.30. The topological polar surface area (TPSA) is 50.9 Å². The molecule has 0 aliphatic rings. The van der Waals surface area contributed by atoms with Crippen LogP contribution in [0.25, 0.3) is 72.7 Å². The fraction of sp³-hybridized carbons (Fsp3) is 0.276. The summed E-state index contributed by atoms with van der Waals surface area (Å²) in [5, 5.41) is 12.5. The summed E-state index contributed by atoms with van der Waals surface area (Å²) in [4.78, 5) is 10.5. The largest absolute Gasteiger partial charge is 0.507 e. The second-order valence-corrected chi connectivity index (χ2v) is 21.0. The molecule has 8 rings (SSSR count). The van der Waals surface area contributed by atoms with E-state index in [2.05, 4.69) is 185 Å². The van der Waals surface area contributed by atoms with E-state index in [9.17, 15) is 6.48 Å². The average Bonchev–Trinajstić information content (AvgIpc) is 3.62. The molecule has 0 amide bonds. The summed E-state index contributed by atoms with van der Waals surface area (Å²) in [6.45, 7) is 26.6. The molecular weight excluding hydrogens is 755 g/mol. The maximum atomic E-state index is 12.5. The van der Waals surface area contributed by atoms with Crippen LogP contribution in [0.2, 0.25) is 0 Å². The highest BCUT2D eigenvalue weighted by atomic mass is 16.3. The lowest BCUT2D eigenvalue weighted by molar-refractivity contribution is 0.446. The van der Waals surface area contributed by atoms with Crippen molar-refractivity contribution in [1.82, 2.24) is 14.5 Å². The van der Waals surface area contributed by atoms with Crippen molar-refractivity contribution in [2.45, 2.75) is 105 Å². The van der Waals surface area contributed by atoms with Gasteiger partial charge in [0, 0.05) is 28.5 Å². The number of para-hydroxylation sites is 1. The van der Waals surface area contributed by atoms with Crippen LogP contribution in [0.3, 0.4) is 0 Å². The molecule has 8 aromatic rings. The predicted molar refractivity (Wildman–Crippen MR) is 263 cm³/mol. The van der Waals surface area contributed by atoms with Gasteiger partial charge in [-0.3, -0.25) is 9.55 Å². The molecule has 6 aromatic carbocycles. The Kier molecular flexibility index (Phi) is 10.3. The van der Waals surface area contributed by atoms with Gasteiger partial charge in [0.1, 0.15) is 11.6 Å². The molecule has 1 N–H and O–H groups in total. The minimum Gasteiger partial charge on any atom is -0.507 e. The second kappa shape index (κ2) is 15.6. The third-order valence-corrected chi connectivity index (χ3v) is 12.1. The van der Waals surface area contributed by atoms with Crippen molar-refractivity contribution in [2.75, 3.05) is 0 Å². The molecule has 0 unspecified atom stereocenters. The van der Waals surface area contributed by atoms with E-state index >= 15 is 0 Å². The molecule has 0 aliphatic heterocycles. The smallest absolute Gasteiger partial charge is 0.149 e. The number of phenolic OH excluding ortho intramolecular Hbond substituents is 1. The molecule has 4 heteroatoms. The number of benzene rings is 6. The lowest BCUT2D eigenvalue weighted by atomic mass is 9.79. The first kappa shape index (κ1) is 41.1. The van der Waals surface area contributed by atoms with E-state index in [0.717, 1.165) is 72.4 Å². The van der Waals surface area contributed by atoms with Gasteiger partial charge < -0.3 is 5.11 Å². The van der Waals surface area contributed by atoms with Crippen LogP contribution in [-0.2, 0) is 21.7 Å². The van der Waals surface area contributed by atoms with Crippen molar-refractivity contribution in [2.24, 2.45) is 0 Å². The predicted octanol–water partition coefficient (Wildman–Crippen LogP) is 15.7. The molecule has 0 saturated heterocycles. The number of aromatic hydroxyl groups is 1. The molecule has 0 fully saturated rings. The number of aromatic nitrogens is 3. The van der Waals surface area contributed by atoms with Crippen LogP contribution in [0.4, 0.5) is 0 Å². The van der Waals surface area contributed by atoms with Gasteiger partial charge in [-0.05, 0) is 109 Å². The average molecular weight is 817 g/mol. The molecule has 0 radical (unpaired) electrons. The van der Waals surface area contributed by atoms with Crippen LogP contribution in [0.5, 0.6) is 5.75 Å². The molecule has 0 atom stereocenters. The fourth-order valence-corrected chi connectivity index (χ4v) is 8.29. The number of nitrogens with zero attached hydrogens (tertiary/aromatic N) is 3. The molecule has 2 aromatic heterocycles. The zero-order chi connectivity index (χ0) is 45.2. The Morgan fingerprint density at radius 1 is 0.484 bits per heavy atom. The summed E-state index contributed by atoms with van der Waals surface area (Å²) < 4.78 is 11.7. The molecule has 2 heterocycles. The monoisotopic (exact) mass is 816 g/mol. The quantitative estimate of drug-likeness (QED) is 0.182. The Morgan fingerprint density at radius 2 is 1.08 bits per heavy atom. The molecule has 314 valence electrons. The van der Waals surface area contributed by atoms with Gasteiger partial charge in [-0.2, -0.15) is 0 Å². The van der Waals surface area contributed by atoms with E-state index in [4.69, 9.17) is 9.97 Å². The number of fused-ring (bicyclic) bond motifs is 1. The van der Waals surface area contributed by atoms with Crippen LogP contribution in [-0.4, -0.2) is 19.6 Å². The molecule has 0 aliphatic carbocycles. The van der Waals surface area contributed by atoms with Gasteiger partial charge in [-0.25, -0.2) is 4.98 Å². The maximum absolute atomic E-state index is 12.5. The summed E-state index contributed by atoms with van der Waals surface area (Å²) in [5.41, 5.74) is 14.4. The Hall–Kier alpha value is -6.26. The minimum atomic E-state index is -0.335. The zero-order valence-corrected chi connectivity index (χ0v) is 38.6. The summed E-state index contributed by atoms with van der Waals surface area (Å²) >= 11 is 0. The normalized spacial score (nSPS) is 12.8. The van der Waals surface area contributed by atoms with Gasteiger partial charge in [0.15, 0.2) is 0 Å². The number of imidazole rings is 1. The van der Waals surface area contributed by atoms with Gasteiger partial charge in [0.25, 0.3) is 0 Å². The molecule has 0 saturated carbocycles. The highest BCUT2D eigenvalue weighted by Crippen LogP contribution is 2.46. The minimum absolute atomic E-state index is 0.0832. The van der Waals surface area contributed by atoms with E-state index in [1.165, 1.54) is 5.56 Å². The van der Waals surface area contributed by atoms with E-state index in [1.807, 2.05) is 42.6 Å². The Bertz CT molecular complexity index is 2990. The number of phenols is 1. The second-order valence-electron chi connectivity index (χ2n) is 21.0. The van der Waals surface area contributed by atoms with E-state index < -0.39 is 0 Å². The van der Waals surface area contributed by atoms with Crippen LogP contribution in [0.1, 0.15) is 107 Å². The number of hydrogen-bond donors (Lipinski definition) is 1. The number of hydrogen-bond acceptors (Lipinski definition) is 3. The fourth-order valence-electron chi connectivity index (χ4n) is 8.29. The molecule has 62 heavy (non-hydrogen) atoms. The summed E-state index contributed by atoms with van der Waals surface area (Å²) in [7, 11) is 0. The first-order valence-electron chi connectivity index (χ1n) is 22.4. The Balaban J connectivity index is 1.48. The first-order valence-corrected chi connectivity index (χ1v) is 21.9. The van der Waals surface area contributed by atoms with Crippen molar-refractivity contribution in [1.29, 1.82) is 0 Å². The molecule has 4 nitrogen and oxygen atoms in total. The van der Waals surface area contributed by atoms with Crippen molar-refractivity contribution < 1.29 is 6.48 Å². The highest BCUT2D eigenvalue weighted by molar-refractivity contribution is 5.98. The molecule has 0 spiro atoms. The lowest BCUT2D eigenvalue weighted by Crippen LogP contribution is -2.17. The van der Waals surface area contributed by atoms with Crippen LogP contribution in [0.15, 0.2) is 146 Å². The Morgan fingerprint density at radius 3 is 1.71 bits per heavy atom. The number of rotatable bonds is 6. The maximum Gasteiger partial charge on any atom is 0.149 e. The SMILES string of the molecule is [2H]c1c(-c2ccccc2)ccnc1-c1cc(-c2cccc3c2nc(-c2cc(C(C)(C)C)cc(C(C)(C)C)c2O)n3-c2ccc(C(C)(C)C)cc2-c2ccccc2)cc(C(C)(C)C)c1. The van der Waals surface area contributed by atoms with Gasteiger partial charge in [-0.1, -0.05) is 174 Å². The molecular formula is C58H61N3O. The number of pyridine rings is 1. The van der Waals surface area contributed by atoms with Crippen molar-refractivity contribution in [3.8, 4) is 67.5 Å². The van der Waals surface area contributed by atoms with Gasteiger partial charge in [0.2, 0.25) is 0 Å². The van der Waals surface area contributed by atoms with Crippen molar-refractivity contribution in [3.05, 3.63) is 168 Å². The van der Waals surface area contributed by atoms with Gasteiger partial charge >= 0.3 is 0 Å². The molecule has 0 bridgehead atoms. The van der Waals surface area contributed by atoms with Gasteiger partial charge in [0.05, 0.1) is 29.3 Å². The summed E-state index contributed by atoms with van der Waals surface area (Å²) in [5.74, 6) is 0.913. The van der Waals surface area contributed by atoms with Crippen LogP contribution < -0.4 is 0 Å². The summed E-state index contributed by atoms with van der Waals surface area (Å²) in [6.07, 6.45) is 1.81. The standard InChI is InChI=1S/C58H61N3O/c1-55(2,3)42-26-27-50(46(34-42)38-22-17-14-18-23-38)61-51-25-19-24-45(52(51)60-54(61)47-35-44(57(7,8)9)36-48(53(47)62)58(10,11)12)40-30-41(32-43(31-40)56(4,5)6)49-33-39(28-29-59-49)37-20-15-13-16-21-37/h13-36,62H,1-12H3/i33D. The van der Waals surface area contributed by atoms with E-state index in [1.54, 1.807) is 0 Å². The summed E-state index contributed by atoms with van der Waals surface area (Å²) in [6, 6.07) is 47.2. The van der Waals surface area contributed by atoms with Crippen molar-refractivity contribution in [3.63, 3.8) is 0 Å². The van der Waals surface area contributed by atoms with E-state index in [-0.39, 0.29) is 27.4 Å². The Labute approximate surface area is 370 Å². The van der Waals surface area contributed by atoms with Crippen LogP contribution in [0, 0.1) is 0 Å². The third kappa shape index (κ3) is 8.23. The first-order chi connectivity index (χ1) is 29.6. The zero-order valence-electron chi connectivity index (χ0n) is 39.6. The lowest BCUT2D eigenvalue weighted by Gasteiger charge is -2.28. The van der Waals surface area contributed by atoms with E-state index in [0.29, 0.717) is 23.1 Å². The third-order valence-electron chi connectivity index (χ3n) is 12.1. The van der Waals surface area contributed by atoms with Gasteiger partial charge in [-0.15, -0.1) is 0 Å².